The first-order valence-electron chi connectivity index (χ1n) is 9.74. The van der Waals surface area contributed by atoms with Crippen LogP contribution >= 0.6 is 0 Å². The van der Waals surface area contributed by atoms with Gasteiger partial charge in [-0.2, -0.15) is 0 Å². The number of aromatic amines is 1. The molecule has 28 heavy (non-hydrogen) atoms. The third-order valence-corrected chi connectivity index (χ3v) is 5.06. The van der Waals surface area contributed by atoms with Crippen molar-refractivity contribution in [3.8, 4) is 5.75 Å². The molecule has 0 atom stereocenters. The van der Waals surface area contributed by atoms with Crippen LogP contribution in [-0.2, 0) is 4.79 Å². The summed E-state index contributed by atoms with van der Waals surface area (Å²) >= 11 is 0. The van der Waals surface area contributed by atoms with E-state index in [1.165, 1.54) is 16.5 Å². The van der Waals surface area contributed by atoms with E-state index in [4.69, 9.17) is 4.74 Å². The molecule has 0 unspecified atom stereocenters. The highest BCUT2D eigenvalue weighted by Crippen LogP contribution is 2.29. The number of H-pyrrole nitrogens is 1. The lowest BCUT2D eigenvalue weighted by atomic mass is 9.99. The molecule has 5 heteroatoms. The highest BCUT2D eigenvalue weighted by Gasteiger charge is 2.18. The highest BCUT2D eigenvalue weighted by molar-refractivity contribution is 5.94. The fourth-order valence-electron chi connectivity index (χ4n) is 3.68. The Balaban J connectivity index is 1.38. The van der Waals surface area contributed by atoms with Gasteiger partial charge in [0.05, 0.1) is 18.8 Å². The molecule has 2 N–H and O–H groups in total. The Hall–Kier alpha value is -3.05. The van der Waals surface area contributed by atoms with Crippen LogP contribution in [0.5, 0.6) is 5.75 Å². The second-order valence-electron chi connectivity index (χ2n) is 6.94. The Morgan fingerprint density at radius 2 is 2.00 bits per heavy atom. The predicted octanol–water partition coefficient (Wildman–Crippen LogP) is 4.29. The van der Waals surface area contributed by atoms with Crippen molar-refractivity contribution in [3.05, 3.63) is 66.4 Å². The molecule has 1 aromatic heterocycles. The minimum absolute atomic E-state index is 0.0175. The second-order valence-corrected chi connectivity index (χ2v) is 6.94. The van der Waals surface area contributed by atoms with Gasteiger partial charge in [0.25, 0.3) is 0 Å². The molecule has 2 heterocycles. The molecule has 4 rings (SSSR count). The van der Waals surface area contributed by atoms with E-state index in [-0.39, 0.29) is 5.91 Å². The van der Waals surface area contributed by atoms with Crippen LogP contribution in [0.4, 0.5) is 5.69 Å². The smallest absolute Gasteiger partial charge is 0.238 e. The van der Waals surface area contributed by atoms with Crippen molar-refractivity contribution >= 4 is 28.1 Å². The molecule has 1 aliphatic heterocycles. The highest BCUT2D eigenvalue weighted by atomic mass is 16.5. The van der Waals surface area contributed by atoms with Gasteiger partial charge in [-0.1, -0.05) is 36.4 Å². The molecule has 2 aromatic carbocycles. The summed E-state index contributed by atoms with van der Waals surface area (Å²) in [5, 5.41) is 4.23. The van der Waals surface area contributed by atoms with Gasteiger partial charge in [0.15, 0.2) is 0 Å². The number of rotatable bonds is 6. The summed E-state index contributed by atoms with van der Waals surface area (Å²) in [5.41, 5.74) is 4.50. The van der Waals surface area contributed by atoms with Gasteiger partial charge < -0.3 is 15.0 Å². The minimum Gasteiger partial charge on any atom is -0.492 e. The average Bonchev–Trinajstić information content (AvgIpc) is 3.14. The lowest BCUT2D eigenvalue weighted by Gasteiger charge is -2.25. The molecule has 1 amide bonds. The van der Waals surface area contributed by atoms with Crippen molar-refractivity contribution < 1.29 is 9.53 Å². The minimum atomic E-state index is -0.0175. The van der Waals surface area contributed by atoms with Crippen molar-refractivity contribution in [1.29, 1.82) is 0 Å². The zero-order valence-corrected chi connectivity index (χ0v) is 16.1. The normalized spacial score (nSPS) is 14.7. The Labute approximate surface area is 165 Å². The van der Waals surface area contributed by atoms with Crippen LogP contribution in [0.15, 0.2) is 60.8 Å². The van der Waals surface area contributed by atoms with Crippen molar-refractivity contribution in [2.75, 3.05) is 31.6 Å². The number of hydrogen-bond acceptors (Lipinski definition) is 3. The fourth-order valence-corrected chi connectivity index (χ4v) is 3.68. The Kier molecular flexibility index (Phi) is 5.44. The van der Waals surface area contributed by atoms with Crippen LogP contribution in [0.3, 0.4) is 0 Å². The van der Waals surface area contributed by atoms with E-state index in [9.17, 15) is 4.79 Å². The third-order valence-electron chi connectivity index (χ3n) is 5.06. The number of anilines is 1. The summed E-state index contributed by atoms with van der Waals surface area (Å²) in [4.78, 5) is 18.0. The molecule has 0 fully saturated rings. The topological polar surface area (TPSA) is 57.4 Å². The number of aromatic nitrogens is 1. The number of amides is 1. The molecule has 144 valence electrons. The van der Waals surface area contributed by atoms with Gasteiger partial charge in [0.2, 0.25) is 5.91 Å². The lowest BCUT2D eigenvalue weighted by molar-refractivity contribution is -0.117. The van der Waals surface area contributed by atoms with Crippen LogP contribution < -0.4 is 10.1 Å². The average molecular weight is 375 g/mol. The number of carbonyl (C=O) groups excluding carboxylic acids is 1. The molecule has 5 nitrogen and oxygen atoms in total. The molecular formula is C23H25N3O2. The first-order valence-corrected chi connectivity index (χ1v) is 9.74. The van der Waals surface area contributed by atoms with E-state index in [0.717, 1.165) is 30.7 Å². The van der Waals surface area contributed by atoms with E-state index in [0.29, 0.717) is 18.9 Å². The summed E-state index contributed by atoms with van der Waals surface area (Å²) in [5.74, 6) is 0.689. The maximum absolute atomic E-state index is 12.5. The standard InChI is InChI=1S/C23H25N3O2/c1-2-28-22-10-6-5-9-21(22)25-23(27)16-26-13-11-17(12-14-26)19-15-24-20-8-4-3-7-18(19)20/h3-11,15,24H,2,12-14,16H2,1H3,(H,25,27). The number of nitrogens with zero attached hydrogens (tertiary/aromatic N) is 1. The fraction of sp³-hybridized carbons (Fsp3) is 0.261. The molecule has 0 aliphatic carbocycles. The van der Waals surface area contributed by atoms with Crippen LogP contribution in [-0.4, -0.2) is 42.0 Å². The van der Waals surface area contributed by atoms with Crippen molar-refractivity contribution in [1.82, 2.24) is 9.88 Å². The Morgan fingerprint density at radius 3 is 2.82 bits per heavy atom. The van der Waals surface area contributed by atoms with Crippen LogP contribution in [0, 0.1) is 0 Å². The maximum Gasteiger partial charge on any atom is 0.238 e. The molecule has 0 spiro atoms. The first kappa shape index (κ1) is 18.3. The first-order chi connectivity index (χ1) is 13.7. The number of carbonyl (C=O) groups is 1. The largest absolute Gasteiger partial charge is 0.492 e. The Bertz CT molecular complexity index is 1010. The molecule has 0 bridgehead atoms. The summed E-state index contributed by atoms with van der Waals surface area (Å²) < 4.78 is 5.58. The number of hydrogen-bond donors (Lipinski definition) is 2. The molecule has 0 radical (unpaired) electrons. The number of benzene rings is 2. The van der Waals surface area contributed by atoms with Crippen LogP contribution in [0.25, 0.3) is 16.5 Å². The number of para-hydroxylation sites is 3. The van der Waals surface area contributed by atoms with E-state index in [1.807, 2.05) is 37.3 Å². The SMILES string of the molecule is CCOc1ccccc1NC(=O)CN1CC=C(c2c[nH]c3ccccc23)CC1. The lowest BCUT2D eigenvalue weighted by Crippen LogP contribution is -2.36. The van der Waals surface area contributed by atoms with E-state index >= 15 is 0 Å². The van der Waals surface area contributed by atoms with Gasteiger partial charge >= 0.3 is 0 Å². The van der Waals surface area contributed by atoms with Crippen LogP contribution in [0.1, 0.15) is 18.9 Å². The third kappa shape index (κ3) is 3.94. The monoisotopic (exact) mass is 375 g/mol. The molecule has 3 aromatic rings. The second kappa shape index (κ2) is 8.31. The van der Waals surface area contributed by atoms with Gasteiger partial charge in [-0.05, 0) is 37.1 Å². The van der Waals surface area contributed by atoms with Gasteiger partial charge in [0, 0.05) is 35.8 Å². The van der Waals surface area contributed by atoms with E-state index in [1.54, 1.807) is 0 Å². The van der Waals surface area contributed by atoms with Gasteiger partial charge in [-0.25, -0.2) is 0 Å². The number of ether oxygens (including phenoxy) is 1. The number of fused-ring (bicyclic) bond motifs is 1. The quantitative estimate of drug-likeness (QED) is 0.676. The molecule has 0 saturated heterocycles. The van der Waals surface area contributed by atoms with E-state index < -0.39 is 0 Å². The van der Waals surface area contributed by atoms with Gasteiger partial charge in [0.1, 0.15) is 5.75 Å². The van der Waals surface area contributed by atoms with Gasteiger partial charge in [-0.15, -0.1) is 0 Å². The summed E-state index contributed by atoms with van der Waals surface area (Å²) in [7, 11) is 0. The summed E-state index contributed by atoms with van der Waals surface area (Å²) in [6.45, 7) is 4.52. The van der Waals surface area contributed by atoms with Crippen molar-refractivity contribution in [3.63, 3.8) is 0 Å². The van der Waals surface area contributed by atoms with Crippen LogP contribution in [0.2, 0.25) is 0 Å². The van der Waals surface area contributed by atoms with Gasteiger partial charge in [-0.3, -0.25) is 9.69 Å². The molecular weight excluding hydrogens is 350 g/mol. The zero-order chi connectivity index (χ0) is 19.3. The Morgan fingerprint density at radius 1 is 1.18 bits per heavy atom. The van der Waals surface area contributed by atoms with E-state index in [2.05, 4.69) is 45.7 Å². The summed E-state index contributed by atoms with van der Waals surface area (Å²) in [6.07, 6.45) is 5.26. The number of nitrogens with one attached hydrogen (secondary N) is 2. The molecule has 0 saturated carbocycles. The summed E-state index contributed by atoms with van der Waals surface area (Å²) in [6, 6.07) is 15.9. The van der Waals surface area contributed by atoms with Crippen molar-refractivity contribution in [2.45, 2.75) is 13.3 Å². The zero-order valence-electron chi connectivity index (χ0n) is 16.1. The maximum atomic E-state index is 12.5. The van der Waals surface area contributed by atoms with Crippen molar-refractivity contribution in [2.24, 2.45) is 0 Å². The predicted molar refractivity (Wildman–Crippen MR) is 114 cm³/mol. The molecule has 1 aliphatic rings.